The average Bonchev–Trinajstić information content (AvgIpc) is 3.64. The van der Waals surface area contributed by atoms with Crippen LogP contribution in [0.4, 0.5) is 0 Å². The second kappa shape index (κ2) is 9.59. The van der Waals surface area contributed by atoms with Gasteiger partial charge < -0.3 is 4.90 Å². The molecule has 178 valence electrons. The summed E-state index contributed by atoms with van der Waals surface area (Å²) in [5.74, 6) is 0.575. The molecule has 0 N–H and O–H groups in total. The molecule has 1 aliphatic heterocycles. The van der Waals surface area contributed by atoms with Gasteiger partial charge in [0.15, 0.2) is 0 Å². The average molecular weight is 469 g/mol. The van der Waals surface area contributed by atoms with E-state index in [2.05, 4.69) is 38.1 Å². The number of nitrogens with zero attached hydrogens (tertiary/aromatic N) is 2. The summed E-state index contributed by atoms with van der Waals surface area (Å²) in [5.41, 5.74) is 4.52. The molecule has 0 spiro atoms. The first kappa shape index (κ1) is 24.0. The van der Waals surface area contributed by atoms with E-state index in [4.69, 9.17) is 0 Å². The van der Waals surface area contributed by atoms with Crippen LogP contribution in [0, 0.1) is 19.8 Å². The smallest absolute Gasteiger partial charge is 0.243 e. The SMILES string of the molecule is Cc1ccc(S(=O)(=O)N2CCC(C(=O)N(Cc3ccc(C(C)C)cc3)C3CC3)CC2)cc1C. The second-order valence-electron chi connectivity index (χ2n) is 10.0. The Morgan fingerprint density at radius 3 is 2.15 bits per heavy atom. The molecule has 1 saturated heterocycles. The lowest BCUT2D eigenvalue weighted by atomic mass is 9.96. The van der Waals surface area contributed by atoms with Gasteiger partial charge in [0.1, 0.15) is 0 Å². The number of hydrogen-bond acceptors (Lipinski definition) is 3. The van der Waals surface area contributed by atoms with Crippen molar-refractivity contribution >= 4 is 15.9 Å². The molecular weight excluding hydrogens is 432 g/mol. The number of sulfonamides is 1. The van der Waals surface area contributed by atoms with Crippen molar-refractivity contribution < 1.29 is 13.2 Å². The molecule has 1 aliphatic carbocycles. The summed E-state index contributed by atoms with van der Waals surface area (Å²) < 4.78 is 27.8. The number of benzene rings is 2. The molecule has 1 heterocycles. The summed E-state index contributed by atoms with van der Waals surface area (Å²) in [6, 6.07) is 14.2. The van der Waals surface area contributed by atoms with Gasteiger partial charge in [0.25, 0.3) is 0 Å². The predicted octanol–water partition coefficient (Wildman–Crippen LogP) is 5.02. The maximum atomic E-state index is 13.4. The van der Waals surface area contributed by atoms with Crippen LogP contribution in [0.3, 0.4) is 0 Å². The standard InChI is InChI=1S/C27H36N2O3S/c1-19(2)23-8-6-22(7-9-23)18-29(25-10-11-25)27(30)24-13-15-28(16-14-24)33(31,32)26-12-5-20(3)21(4)17-26/h5-9,12,17,19,24-25H,10-11,13-16,18H2,1-4H3. The van der Waals surface area contributed by atoms with Crippen molar-refractivity contribution in [1.29, 1.82) is 0 Å². The Labute approximate surface area is 198 Å². The van der Waals surface area contributed by atoms with E-state index < -0.39 is 10.0 Å². The lowest BCUT2D eigenvalue weighted by Gasteiger charge is -2.34. The molecule has 0 atom stereocenters. The van der Waals surface area contributed by atoms with Crippen molar-refractivity contribution in [2.24, 2.45) is 5.92 Å². The highest BCUT2D eigenvalue weighted by Crippen LogP contribution is 2.33. The van der Waals surface area contributed by atoms with Crippen LogP contribution in [0.1, 0.15) is 67.7 Å². The van der Waals surface area contributed by atoms with Gasteiger partial charge in [-0.1, -0.05) is 44.2 Å². The van der Waals surface area contributed by atoms with Crippen LogP contribution in [0.15, 0.2) is 47.4 Å². The van der Waals surface area contributed by atoms with Gasteiger partial charge >= 0.3 is 0 Å². The number of carbonyl (C=O) groups excluding carboxylic acids is 1. The van der Waals surface area contributed by atoms with Crippen molar-refractivity contribution in [1.82, 2.24) is 9.21 Å². The van der Waals surface area contributed by atoms with Crippen molar-refractivity contribution in [3.63, 3.8) is 0 Å². The van der Waals surface area contributed by atoms with E-state index in [0.717, 1.165) is 29.5 Å². The fraction of sp³-hybridized carbons (Fsp3) is 0.519. The molecule has 2 fully saturated rings. The Balaban J connectivity index is 1.40. The van der Waals surface area contributed by atoms with Gasteiger partial charge in [-0.15, -0.1) is 0 Å². The van der Waals surface area contributed by atoms with Crippen LogP contribution < -0.4 is 0 Å². The van der Waals surface area contributed by atoms with Gasteiger partial charge in [-0.25, -0.2) is 8.42 Å². The Bertz CT molecular complexity index is 1100. The summed E-state index contributed by atoms with van der Waals surface area (Å²) in [6.07, 6.45) is 3.29. The van der Waals surface area contributed by atoms with E-state index in [-0.39, 0.29) is 11.8 Å². The maximum Gasteiger partial charge on any atom is 0.243 e. The fourth-order valence-electron chi connectivity index (χ4n) is 4.58. The Hall–Kier alpha value is -2.18. The number of piperidine rings is 1. The minimum atomic E-state index is -3.53. The minimum absolute atomic E-state index is 0.105. The minimum Gasteiger partial charge on any atom is -0.335 e. The predicted molar refractivity (Wildman–Crippen MR) is 132 cm³/mol. The van der Waals surface area contributed by atoms with E-state index in [1.807, 2.05) is 24.8 Å². The summed E-state index contributed by atoms with van der Waals surface area (Å²) in [6.45, 7) is 9.71. The second-order valence-corrected chi connectivity index (χ2v) is 12.0. The van der Waals surface area contributed by atoms with Crippen LogP contribution in [-0.4, -0.2) is 42.7 Å². The molecule has 5 nitrogen and oxygen atoms in total. The van der Waals surface area contributed by atoms with E-state index in [0.29, 0.717) is 49.3 Å². The molecule has 6 heteroatoms. The largest absolute Gasteiger partial charge is 0.335 e. The number of amides is 1. The molecule has 33 heavy (non-hydrogen) atoms. The van der Waals surface area contributed by atoms with E-state index in [1.165, 1.54) is 5.56 Å². The van der Waals surface area contributed by atoms with Crippen LogP contribution in [0.25, 0.3) is 0 Å². The molecule has 2 aromatic carbocycles. The van der Waals surface area contributed by atoms with Gasteiger partial charge in [-0.05, 0) is 79.8 Å². The third kappa shape index (κ3) is 5.33. The topological polar surface area (TPSA) is 57.7 Å². The lowest BCUT2D eigenvalue weighted by Crippen LogP contribution is -2.44. The number of rotatable bonds is 7. The van der Waals surface area contributed by atoms with Gasteiger partial charge in [-0.3, -0.25) is 4.79 Å². The monoisotopic (exact) mass is 468 g/mol. The van der Waals surface area contributed by atoms with Crippen LogP contribution >= 0.6 is 0 Å². The normalized spacial score (nSPS) is 18.0. The zero-order valence-electron chi connectivity index (χ0n) is 20.3. The fourth-order valence-corrected chi connectivity index (χ4v) is 6.13. The maximum absolute atomic E-state index is 13.4. The van der Waals surface area contributed by atoms with Gasteiger partial charge in [0.2, 0.25) is 15.9 Å². The molecule has 0 unspecified atom stereocenters. The van der Waals surface area contributed by atoms with Gasteiger partial charge in [-0.2, -0.15) is 4.31 Å². The van der Waals surface area contributed by atoms with E-state index >= 15 is 0 Å². The first-order valence-electron chi connectivity index (χ1n) is 12.1. The Morgan fingerprint density at radius 2 is 1.61 bits per heavy atom. The highest BCUT2D eigenvalue weighted by Gasteiger charge is 2.38. The number of hydrogen-bond donors (Lipinski definition) is 0. The molecular formula is C27H36N2O3S. The van der Waals surface area contributed by atoms with Crippen molar-refractivity contribution in [2.75, 3.05) is 13.1 Å². The molecule has 1 amide bonds. The van der Waals surface area contributed by atoms with Crippen molar-refractivity contribution in [3.8, 4) is 0 Å². The first-order chi connectivity index (χ1) is 15.7. The summed E-state index contributed by atoms with van der Waals surface area (Å²) in [4.78, 5) is 15.8. The van der Waals surface area contributed by atoms with Gasteiger partial charge in [0.05, 0.1) is 4.90 Å². The Morgan fingerprint density at radius 1 is 0.970 bits per heavy atom. The summed E-state index contributed by atoms with van der Waals surface area (Å²) >= 11 is 0. The van der Waals surface area contributed by atoms with Crippen LogP contribution in [0.5, 0.6) is 0 Å². The molecule has 0 radical (unpaired) electrons. The van der Waals surface area contributed by atoms with E-state index in [9.17, 15) is 13.2 Å². The van der Waals surface area contributed by atoms with Crippen molar-refractivity contribution in [2.45, 2.75) is 76.8 Å². The Kier molecular flexibility index (Phi) is 6.96. The number of aryl methyl sites for hydroxylation is 2. The van der Waals surface area contributed by atoms with Crippen LogP contribution in [0.2, 0.25) is 0 Å². The summed E-state index contributed by atoms with van der Waals surface area (Å²) in [5, 5.41) is 0. The first-order valence-corrected chi connectivity index (χ1v) is 13.6. The summed E-state index contributed by atoms with van der Waals surface area (Å²) in [7, 11) is -3.53. The quantitative estimate of drug-likeness (QED) is 0.573. The molecule has 2 aliphatic rings. The molecule has 0 bridgehead atoms. The van der Waals surface area contributed by atoms with Crippen LogP contribution in [-0.2, 0) is 21.4 Å². The van der Waals surface area contributed by atoms with Crippen molar-refractivity contribution in [3.05, 3.63) is 64.7 Å². The molecule has 1 saturated carbocycles. The lowest BCUT2D eigenvalue weighted by molar-refractivity contribution is -0.138. The zero-order chi connectivity index (χ0) is 23.8. The van der Waals surface area contributed by atoms with Gasteiger partial charge in [0, 0.05) is 31.6 Å². The highest BCUT2D eigenvalue weighted by atomic mass is 32.2. The molecule has 4 rings (SSSR count). The number of carbonyl (C=O) groups is 1. The molecule has 0 aromatic heterocycles. The molecule has 2 aromatic rings. The third-order valence-corrected chi connectivity index (χ3v) is 9.08. The van der Waals surface area contributed by atoms with E-state index in [1.54, 1.807) is 16.4 Å². The zero-order valence-corrected chi connectivity index (χ0v) is 21.1. The third-order valence-electron chi connectivity index (χ3n) is 7.19. The highest BCUT2D eigenvalue weighted by molar-refractivity contribution is 7.89.